The average molecular weight is 442 g/mol. The smallest absolute Gasteiger partial charge is 0.227 e. The van der Waals surface area contributed by atoms with E-state index in [9.17, 15) is 5.11 Å². The maximum Gasteiger partial charge on any atom is 0.227 e. The van der Waals surface area contributed by atoms with Gasteiger partial charge in [0, 0.05) is 27.3 Å². The van der Waals surface area contributed by atoms with Gasteiger partial charge in [-0.3, -0.25) is 0 Å². The molecule has 0 radical (unpaired) electrons. The number of rotatable bonds is 5. The molecule has 4 aromatic rings. The summed E-state index contributed by atoms with van der Waals surface area (Å²) in [6, 6.07) is 19.0. The fourth-order valence-electron chi connectivity index (χ4n) is 2.87. The molecule has 0 amide bonds. The molecular weight excluding hydrogens is 425 g/mol. The second kappa shape index (κ2) is 8.51. The Labute approximate surface area is 182 Å². The number of benzene rings is 2. The number of thiophene rings is 1. The van der Waals surface area contributed by atoms with Crippen LogP contribution in [0.2, 0.25) is 10.0 Å². The summed E-state index contributed by atoms with van der Waals surface area (Å²) >= 11 is 13.9. The van der Waals surface area contributed by atoms with Crippen molar-refractivity contribution < 1.29 is 5.11 Å². The standard InChI is InChI=1S/C22H17Cl2N3OS/c1-13(28)14-3-2-4-16(11-14)26-22-25-10-9-19(27-22)21-8-7-20(29-21)17-6-5-15(23)12-18(17)24/h2-13,28H,1H3,(H,25,26,27). The number of aliphatic hydroxyl groups is 1. The van der Waals surface area contributed by atoms with Gasteiger partial charge in [-0.05, 0) is 55.0 Å². The molecule has 2 heterocycles. The van der Waals surface area contributed by atoms with Crippen LogP contribution < -0.4 is 5.32 Å². The van der Waals surface area contributed by atoms with Crippen LogP contribution in [0.5, 0.6) is 0 Å². The molecule has 0 aliphatic rings. The van der Waals surface area contributed by atoms with Crippen molar-refractivity contribution in [2.45, 2.75) is 13.0 Å². The summed E-state index contributed by atoms with van der Waals surface area (Å²) in [4.78, 5) is 11.0. The van der Waals surface area contributed by atoms with Gasteiger partial charge in [-0.25, -0.2) is 9.97 Å². The summed E-state index contributed by atoms with van der Waals surface area (Å²) in [5, 5.41) is 14.2. The Kier molecular flexibility index (Phi) is 5.83. The van der Waals surface area contributed by atoms with Crippen LogP contribution in [0, 0.1) is 0 Å². The van der Waals surface area contributed by atoms with Gasteiger partial charge in [0.25, 0.3) is 0 Å². The molecule has 0 aliphatic heterocycles. The lowest BCUT2D eigenvalue weighted by molar-refractivity contribution is 0.199. The largest absolute Gasteiger partial charge is 0.389 e. The minimum atomic E-state index is -0.534. The number of hydrogen-bond acceptors (Lipinski definition) is 5. The van der Waals surface area contributed by atoms with Gasteiger partial charge in [-0.1, -0.05) is 41.4 Å². The van der Waals surface area contributed by atoms with E-state index in [1.54, 1.807) is 30.5 Å². The van der Waals surface area contributed by atoms with Crippen LogP contribution in [-0.4, -0.2) is 15.1 Å². The molecule has 2 aromatic carbocycles. The number of anilines is 2. The number of aromatic nitrogens is 2. The van der Waals surface area contributed by atoms with Crippen molar-refractivity contribution in [3.63, 3.8) is 0 Å². The molecule has 2 N–H and O–H groups in total. The van der Waals surface area contributed by atoms with Crippen molar-refractivity contribution in [2.75, 3.05) is 5.32 Å². The summed E-state index contributed by atoms with van der Waals surface area (Å²) in [5.74, 6) is 0.490. The molecule has 0 saturated heterocycles. The molecular formula is C22H17Cl2N3OS. The monoisotopic (exact) mass is 441 g/mol. The zero-order chi connectivity index (χ0) is 20.4. The molecule has 0 bridgehead atoms. The number of nitrogens with one attached hydrogen (secondary N) is 1. The lowest BCUT2D eigenvalue weighted by Crippen LogP contribution is -1.99. The van der Waals surface area contributed by atoms with Crippen molar-refractivity contribution in [2.24, 2.45) is 0 Å². The van der Waals surface area contributed by atoms with E-state index in [2.05, 4.69) is 15.3 Å². The third-order valence-electron chi connectivity index (χ3n) is 4.34. The summed E-state index contributed by atoms with van der Waals surface area (Å²) in [6.45, 7) is 1.73. The first-order chi connectivity index (χ1) is 14.0. The second-order valence-corrected chi connectivity index (χ2v) is 8.41. The Morgan fingerprint density at radius 1 is 1.00 bits per heavy atom. The lowest BCUT2D eigenvalue weighted by atomic mass is 10.1. The van der Waals surface area contributed by atoms with E-state index in [0.717, 1.165) is 32.3 Å². The highest BCUT2D eigenvalue weighted by Crippen LogP contribution is 2.38. The Morgan fingerprint density at radius 3 is 2.62 bits per heavy atom. The first-order valence-corrected chi connectivity index (χ1v) is 10.5. The normalized spacial score (nSPS) is 12.0. The topological polar surface area (TPSA) is 58.0 Å². The van der Waals surface area contributed by atoms with Gasteiger partial charge in [-0.2, -0.15) is 0 Å². The lowest BCUT2D eigenvalue weighted by Gasteiger charge is -2.09. The van der Waals surface area contributed by atoms with Crippen LogP contribution in [0.3, 0.4) is 0 Å². The number of aliphatic hydroxyl groups excluding tert-OH is 1. The molecule has 7 heteroatoms. The van der Waals surface area contributed by atoms with Gasteiger partial charge in [0.05, 0.1) is 21.7 Å². The highest BCUT2D eigenvalue weighted by molar-refractivity contribution is 7.18. The van der Waals surface area contributed by atoms with E-state index in [4.69, 9.17) is 23.2 Å². The van der Waals surface area contributed by atoms with Crippen LogP contribution >= 0.6 is 34.5 Å². The Morgan fingerprint density at radius 2 is 1.83 bits per heavy atom. The molecule has 4 rings (SSSR count). The average Bonchev–Trinajstić information content (AvgIpc) is 3.18. The minimum Gasteiger partial charge on any atom is -0.389 e. The van der Waals surface area contributed by atoms with E-state index in [0.29, 0.717) is 16.0 Å². The van der Waals surface area contributed by atoms with E-state index >= 15 is 0 Å². The maximum atomic E-state index is 9.76. The number of nitrogens with zero attached hydrogens (tertiary/aromatic N) is 2. The van der Waals surface area contributed by atoms with E-state index in [1.807, 2.05) is 54.6 Å². The predicted octanol–water partition coefficient (Wildman–Crippen LogP) is 6.98. The van der Waals surface area contributed by atoms with Gasteiger partial charge in [0.15, 0.2) is 0 Å². The van der Waals surface area contributed by atoms with Gasteiger partial charge in [-0.15, -0.1) is 11.3 Å². The molecule has 146 valence electrons. The van der Waals surface area contributed by atoms with Crippen LogP contribution in [0.4, 0.5) is 11.6 Å². The van der Waals surface area contributed by atoms with Gasteiger partial charge in [0.1, 0.15) is 0 Å². The molecule has 0 fully saturated rings. The predicted molar refractivity (Wildman–Crippen MR) is 121 cm³/mol. The van der Waals surface area contributed by atoms with Crippen LogP contribution in [0.1, 0.15) is 18.6 Å². The molecule has 1 unspecified atom stereocenters. The van der Waals surface area contributed by atoms with Gasteiger partial charge >= 0.3 is 0 Å². The molecule has 4 nitrogen and oxygen atoms in total. The van der Waals surface area contributed by atoms with Gasteiger partial charge < -0.3 is 10.4 Å². The van der Waals surface area contributed by atoms with E-state index < -0.39 is 6.10 Å². The summed E-state index contributed by atoms with van der Waals surface area (Å²) in [5.41, 5.74) is 3.40. The van der Waals surface area contributed by atoms with Crippen LogP contribution in [0.25, 0.3) is 21.0 Å². The quantitative estimate of drug-likeness (QED) is 0.350. The summed E-state index contributed by atoms with van der Waals surface area (Å²) in [7, 11) is 0. The Bertz CT molecular complexity index is 1160. The Balaban J connectivity index is 1.59. The van der Waals surface area contributed by atoms with Gasteiger partial charge in [0.2, 0.25) is 5.95 Å². The fourth-order valence-corrected chi connectivity index (χ4v) is 4.45. The number of halogens is 2. The maximum absolute atomic E-state index is 9.76. The first kappa shape index (κ1) is 19.9. The second-order valence-electron chi connectivity index (χ2n) is 6.48. The molecule has 1 atom stereocenters. The minimum absolute atomic E-state index is 0.490. The Hall–Kier alpha value is -2.44. The van der Waals surface area contributed by atoms with E-state index in [1.165, 1.54) is 0 Å². The summed E-state index contributed by atoms with van der Waals surface area (Å²) in [6.07, 6.45) is 1.19. The van der Waals surface area contributed by atoms with Crippen LogP contribution in [0.15, 0.2) is 66.9 Å². The van der Waals surface area contributed by atoms with E-state index in [-0.39, 0.29) is 0 Å². The third kappa shape index (κ3) is 4.60. The SMILES string of the molecule is CC(O)c1cccc(Nc2nccc(-c3ccc(-c4ccc(Cl)cc4Cl)s3)n2)c1. The zero-order valence-corrected chi connectivity index (χ0v) is 17.8. The van der Waals surface area contributed by atoms with Crippen molar-refractivity contribution in [1.29, 1.82) is 0 Å². The van der Waals surface area contributed by atoms with Crippen molar-refractivity contribution in [3.05, 3.63) is 82.5 Å². The highest BCUT2D eigenvalue weighted by Gasteiger charge is 2.11. The fraction of sp³-hybridized carbons (Fsp3) is 0.0909. The molecule has 0 aliphatic carbocycles. The molecule has 0 spiro atoms. The van der Waals surface area contributed by atoms with Crippen molar-refractivity contribution in [3.8, 4) is 21.0 Å². The zero-order valence-electron chi connectivity index (χ0n) is 15.4. The van der Waals surface area contributed by atoms with Crippen LogP contribution in [-0.2, 0) is 0 Å². The molecule has 29 heavy (non-hydrogen) atoms. The van der Waals surface area contributed by atoms with Crippen molar-refractivity contribution >= 4 is 46.2 Å². The van der Waals surface area contributed by atoms with Crippen molar-refractivity contribution in [1.82, 2.24) is 9.97 Å². The third-order valence-corrected chi connectivity index (χ3v) is 6.02. The first-order valence-electron chi connectivity index (χ1n) is 8.93. The molecule has 2 aromatic heterocycles. The highest BCUT2D eigenvalue weighted by atomic mass is 35.5. The number of hydrogen-bond donors (Lipinski definition) is 2. The molecule has 0 saturated carbocycles. The summed E-state index contributed by atoms with van der Waals surface area (Å²) < 4.78 is 0.